The van der Waals surface area contributed by atoms with Gasteiger partial charge in [-0.2, -0.15) is 5.26 Å². The Morgan fingerprint density at radius 2 is 2.42 bits per heavy atom. The molecule has 6 nitrogen and oxygen atoms in total. The van der Waals surface area contributed by atoms with Crippen LogP contribution in [0.1, 0.15) is 5.56 Å². The molecule has 0 saturated heterocycles. The van der Waals surface area contributed by atoms with Crippen LogP contribution >= 0.6 is 0 Å². The maximum Gasteiger partial charge on any atom is 0.263 e. The molecule has 1 aromatic rings. The van der Waals surface area contributed by atoms with Gasteiger partial charge in [-0.15, -0.1) is 0 Å². The molecule has 100 valence electrons. The van der Waals surface area contributed by atoms with Gasteiger partial charge in [0.2, 0.25) is 0 Å². The van der Waals surface area contributed by atoms with Gasteiger partial charge in [0.1, 0.15) is 17.5 Å². The Balaban J connectivity index is 2.65. The first kappa shape index (κ1) is 14.7. The third-order valence-electron chi connectivity index (χ3n) is 2.32. The highest BCUT2D eigenvalue weighted by Gasteiger charge is 2.08. The molecule has 1 rings (SSSR count). The van der Waals surface area contributed by atoms with Crippen molar-refractivity contribution in [1.29, 1.82) is 5.26 Å². The third kappa shape index (κ3) is 4.77. The molecule has 0 aliphatic rings. The molecule has 1 amide bonds. The normalized spacial score (nSPS) is 10.7. The van der Waals surface area contributed by atoms with Gasteiger partial charge in [-0.1, -0.05) is 6.07 Å². The number of carbonyl (C=O) groups excluding carboxylic acids is 1. The minimum atomic E-state index is -0.444. The number of hydrogen-bond acceptors (Lipinski definition) is 5. The Bertz CT molecular complexity index is 506. The van der Waals surface area contributed by atoms with E-state index in [2.05, 4.69) is 15.6 Å². The molecule has 0 fully saturated rings. The monoisotopic (exact) mass is 260 g/mol. The smallest absolute Gasteiger partial charge is 0.263 e. The average Bonchev–Trinajstić information content (AvgIpc) is 2.41. The van der Waals surface area contributed by atoms with Gasteiger partial charge in [0.15, 0.2) is 0 Å². The molecular weight excluding hydrogens is 244 g/mol. The number of methoxy groups -OCH3 is 1. The number of hydrogen-bond donors (Lipinski definition) is 2. The lowest BCUT2D eigenvalue weighted by molar-refractivity contribution is -0.117. The van der Waals surface area contributed by atoms with Gasteiger partial charge in [0.05, 0.1) is 6.61 Å². The summed E-state index contributed by atoms with van der Waals surface area (Å²) in [7, 11) is 1.54. The highest BCUT2D eigenvalue weighted by Crippen LogP contribution is 2.09. The number of ether oxygens (including phenoxy) is 1. The molecule has 0 atom stereocenters. The summed E-state index contributed by atoms with van der Waals surface area (Å²) in [5.41, 5.74) is 0.914. The van der Waals surface area contributed by atoms with Crippen LogP contribution in [0.15, 0.2) is 30.1 Å². The number of amides is 1. The molecule has 0 aromatic carbocycles. The summed E-state index contributed by atoms with van der Waals surface area (Å²) < 4.78 is 4.81. The van der Waals surface area contributed by atoms with Crippen molar-refractivity contribution in [2.45, 2.75) is 6.92 Å². The molecule has 2 N–H and O–H groups in total. The maximum atomic E-state index is 11.6. The van der Waals surface area contributed by atoms with Crippen molar-refractivity contribution in [2.75, 3.05) is 25.6 Å². The zero-order valence-electron chi connectivity index (χ0n) is 10.9. The van der Waals surface area contributed by atoms with E-state index in [4.69, 9.17) is 10.00 Å². The Kier molecular flexibility index (Phi) is 6.06. The van der Waals surface area contributed by atoms with Crippen molar-refractivity contribution < 1.29 is 9.53 Å². The molecular formula is C13H16N4O2. The lowest BCUT2D eigenvalue weighted by atomic mass is 10.2. The second-order valence-corrected chi connectivity index (χ2v) is 3.73. The van der Waals surface area contributed by atoms with E-state index in [0.717, 1.165) is 5.56 Å². The molecule has 0 bridgehead atoms. The summed E-state index contributed by atoms with van der Waals surface area (Å²) in [6.07, 6.45) is 2.98. The molecule has 0 unspecified atom stereocenters. The van der Waals surface area contributed by atoms with E-state index in [-0.39, 0.29) is 5.57 Å². The number of anilines is 1. The first-order valence-corrected chi connectivity index (χ1v) is 5.74. The summed E-state index contributed by atoms with van der Waals surface area (Å²) in [5, 5.41) is 14.3. The molecule has 0 spiro atoms. The van der Waals surface area contributed by atoms with E-state index in [1.54, 1.807) is 13.3 Å². The quantitative estimate of drug-likeness (QED) is 0.452. The Morgan fingerprint density at radius 3 is 3.05 bits per heavy atom. The average molecular weight is 260 g/mol. The predicted molar refractivity (Wildman–Crippen MR) is 71.2 cm³/mol. The zero-order chi connectivity index (χ0) is 14.1. The van der Waals surface area contributed by atoms with Crippen LogP contribution < -0.4 is 10.6 Å². The first-order valence-electron chi connectivity index (χ1n) is 5.74. The fourth-order valence-corrected chi connectivity index (χ4v) is 1.29. The van der Waals surface area contributed by atoms with Gasteiger partial charge in [-0.3, -0.25) is 4.79 Å². The van der Waals surface area contributed by atoms with Gasteiger partial charge in [-0.05, 0) is 18.6 Å². The van der Waals surface area contributed by atoms with Gasteiger partial charge >= 0.3 is 0 Å². The van der Waals surface area contributed by atoms with E-state index in [1.807, 2.05) is 25.1 Å². The number of rotatable bonds is 6. The first-order chi connectivity index (χ1) is 9.19. The van der Waals surface area contributed by atoms with E-state index < -0.39 is 5.91 Å². The van der Waals surface area contributed by atoms with Crippen molar-refractivity contribution in [2.24, 2.45) is 0 Å². The number of aryl methyl sites for hydroxylation is 1. The fraction of sp³-hybridized carbons (Fsp3) is 0.308. The minimum Gasteiger partial charge on any atom is -0.383 e. The fourth-order valence-electron chi connectivity index (χ4n) is 1.29. The Labute approximate surface area is 112 Å². The topological polar surface area (TPSA) is 87.0 Å². The van der Waals surface area contributed by atoms with Crippen LogP contribution in [-0.4, -0.2) is 31.2 Å². The van der Waals surface area contributed by atoms with Crippen molar-refractivity contribution in [3.8, 4) is 6.07 Å². The summed E-state index contributed by atoms with van der Waals surface area (Å²) >= 11 is 0. The Hall–Kier alpha value is -2.39. The van der Waals surface area contributed by atoms with E-state index in [9.17, 15) is 4.79 Å². The minimum absolute atomic E-state index is 0.0128. The lowest BCUT2D eigenvalue weighted by Gasteiger charge is -2.05. The largest absolute Gasteiger partial charge is 0.383 e. The van der Waals surface area contributed by atoms with E-state index >= 15 is 0 Å². The summed E-state index contributed by atoms with van der Waals surface area (Å²) in [6, 6.07) is 5.53. The van der Waals surface area contributed by atoms with Crippen LogP contribution in [0.2, 0.25) is 0 Å². The predicted octanol–water partition coefficient (Wildman–Crippen LogP) is 0.972. The van der Waals surface area contributed by atoms with Crippen LogP contribution in [0.25, 0.3) is 0 Å². The third-order valence-corrected chi connectivity index (χ3v) is 2.32. The van der Waals surface area contributed by atoms with Crippen molar-refractivity contribution in [3.05, 3.63) is 35.7 Å². The molecule has 1 heterocycles. The van der Waals surface area contributed by atoms with Gasteiger partial charge in [0.25, 0.3) is 5.91 Å². The van der Waals surface area contributed by atoms with Crippen LogP contribution in [0.3, 0.4) is 0 Å². The number of nitriles is 1. The number of carbonyl (C=O) groups is 1. The molecule has 0 aliphatic carbocycles. The molecule has 6 heteroatoms. The zero-order valence-corrected chi connectivity index (χ0v) is 10.9. The highest BCUT2D eigenvalue weighted by molar-refractivity contribution is 5.97. The lowest BCUT2D eigenvalue weighted by Crippen LogP contribution is -2.28. The maximum absolute atomic E-state index is 11.6. The molecule has 0 radical (unpaired) electrons. The number of nitrogens with one attached hydrogen (secondary N) is 2. The van der Waals surface area contributed by atoms with Gasteiger partial charge in [-0.25, -0.2) is 4.98 Å². The molecule has 0 aliphatic heterocycles. The number of nitrogens with zero attached hydrogens (tertiary/aromatic N) is 2. The highest BCUT2D eigenvalue weighted by atomic mass is 16.5. The molecule has 0 saturated carbocycles. The molecule has 1 aromatic heterocycles. The van der Waals surface area contributed by atoms with Gasteiger partial charge < -0.3 is 15.4 Å². The van der Waals surface area contributed by atoms with E-state index in [1.165, 1.54) is 6.20 Å². The van der Waals surface area contributed by atoms with Crippen molar-refractivity contribution in [3.63, 3.8) is 0 Å². The second-order valence-electron chi connectivity index (χ2n) is 3.73. The standard InChI is InChI=1S/C13H16N4O2/c1-10-4-3-5-15-12(10)17-9-11(8-14)13(18)16-6-7-19-2/h3-5,9H,6-7H2,1-2H3,(H,15,17)(H,16,18)/b11-9-. The summed E-state index contributed by atoms with van der Waals surface area (Å²) in [6.45, 7) is 2.64. The van der Waals surface area contributed by atoms with Crippen molar-refractivity contribution in [1.82, 2.24) is 10.3 Å². The second kappa shape index (κ2) is 7.84. The van der Waals surface area contributed by atoms with Crippen LogP contribution in [0.5, 0.6) is 0 Å². The summed E-state index contributed by atoms with van der Waals surface area (Å²) in [4.78, 5) is 15.7. The van der Waals surface area contributed by atoms with Crippen molar-refractivity contribution >= 4 is 11.7 Å². The van der Waals surface area contributed by atoms with Gasteiger partial charge in [0, 0.05) is 26.1 Å². The molecule has 19 heavy (non-hydrogen) atoms. The van der Waals surface area contributed by atoms with Crippen LogP contribution in [-0.2, 0) is 9.53 Å². The van der Waals surface area contributed by atoms with Crippen LogP contribution in [0.4, 0.5) is 5.82 Å². The number of aromatic nitrogens is 1. The van der Waals surface area contributed by atoms with E-state index in [0.29, 0.717) is 19.0 Å². The SMILES string of the molecule is COCCNC(=O)/C(C#N)=C\Nc1ncccc1C. The Morgan fingerprint density at radius 1 is 1.63 bits per heavy atom. The number of pyridine rings is 1. The van der Waals surface area contributed by atoms with Crippen LogP contribution in [0, 0.1) is 18.3 Å². The summed E-state index contributed by atoms with van der Waals surface area (Å²) in [5.74, 6) is 0.167.